The molecule has 0 atom stereocenters. The number of benzene rings is 1. The van der Waals surface area contributed by atoms with Crippen LogP contribution in [0.1, 0.15) is 19.3 Å². The maximum atomic E-state index is 14.2. The average molecular weight is 378 g/mol. The van der Waals surface area contributed by atoms with Gasteiger partial charge < -0.3 is 14.5 Å². The lowest BCUT2D eigenvalue weighted by molar-refractivity contribution is -0.293. The number of para-hydroxylation sites is 1. The summed E-state index contributed by atoms with van der Waals surface area (Å²) in [6.45, 7) is 0.210. The van der Waals surface area contributed by atoms with Gasteiger partial charge in [-0.1, -0.05) is 18.2 Å². The van der Waals surface area contributed by atoms with Crippen molar-refractivity contribution in [1.29, 1.82) is 0 Å². The fraction of sp³-hybridized carbons (Fsp3) is 0.588. The summed E-state index contributed by atoms with van der Waals surface area (Å²) in [6.07, 6.45) is -8.87. The molecule has 0 saturated carbocycles. The normalized spacial score (nSPS) is 23.4. The van der Waals surface area contributed by atoms with Crippen LogP contribution < -0.4 is 4.90 Å². The van der Waals surface area contributed by atoms with Gasteiger partial charge in [0.05, 0.1) is 18.6 Å². The summed E-state index contributed by atoms with van der Waals surface area (Å²) >= 11 is 0. The van der Waals surface area contributed by atoms with Gasteiger partial charge in [0.25, 0.3) is 0 Å². The number of ether oxygens (including phenoxy) is 1. The zero-order chi connectivity index (χ0) is 19.0. The van der Waals surface area contributed by atoms with Crippen molar-refractivity contribution in [1.82, 2.24) is 4.90 Å². The Kier molecular flexibility index (Phi) is 4.96. The van der Waals surface area contributed by atoms with Gasteiger partial charge in [-0.25, -0.2) is 0 Å². The second-order valence-electron chi connectivity index (χ2n) is 6.74. The Morgan fingerprint density at radius 2 is 1.69 bits per heavy atom. The quantitative estimate of drug-likeness (QED) is 0.756. The van der Waals surface area contributed by atoms with Gasteiger partial charge in [0.15, 0.2) is 0 Å². The summed E-state index contributed by atoms with van der Waals surface area (Å²) in [5.74, 6) is -1.42. The van der Waals surface area contributed by atoms with Gasteiger partial charge in [-0.2, -0.15) is 22.0 Å². The molecule has 1 amide bonds. The fourth-order valence-corrected chi connectivity index (χ4v) is 3.41. The minimum absolute atomic E-state index is 0.0431. The molecule has 0 unspecified atom stereocenters. The van der Waals surface area contributed by atoms with E-state index < -0.39 is 30.2 Å². The average Bonchev–Trinajstić information content (AvgIpc) is 2.57. The summed E-state index contributed by atoms with van der Waals surface area (Å²) < 4.78 is 70.3. The highest BCUT2D eigenvalue weighted by molar-refractivity contribution is 5.98. The number of likely N-dealkylation sites (tertiary alicyclic amines) is 1. The lowest BCUT2D eigenvalue weighted by atomic mass is 9.88. The molecule has 0 aliphatic carbocycles. The van der Waals surface area contributed by atoms with Gasteiger partial charge in [0.1, 0.15) is 0 Å². The lowest BCUT2D eigenvalue weighted by Gasteiger charge is -2.48. The predicted octanol–water partition coefficient (Wildman–Crippen LogP) is 3.43. The molecule has 2 aliphatic heterocycles. The molecule has 3 rings (SSSR count). The molecule has 2 fully saturated rings. The standard InChI is InChI=1S/C17H19F5N2O2/c18-16(19,20)8-11-23-9-6-15(7-10-23)12-24(13-4-2-1-3-5-13)14(25)17(21,22)26-15/h1-5H,6-12H2. The predicted molar refractivity (Wildman–Crippen MR) is 83.9 cm³/mol. The summed E-state index contributed by atoms with van der Waals surface area (Å²) in [5, 5.41) is 0. The number of halogens is 5. The molecule has 0 N–H and O–H groups in total. The molecular weight excluding hydrogens is 359 g/mol. The molecule has 0 aromatic heterocycles. The Bertz CT molecular complexity index is 642. The summed E-state index contributed by atoms with van der Waals surface area (Å²) in [6, 6.07) is 8.11. The fourth-order valence-electron chi connectivity index (χ4n) is 3.41. The van der Waals surface area contributed by atoms with E-state index in [9.17, 15) is 26.7 Å². The molecule has 1 spiro atoms. The minimum atomic E-state index is -4.25. The van der Waals surface area contributed by atoms with Crippen LogP contribution in [0.5, 0.6) is 0 Å². The number of hydrogen-bond acceptors (Lipinski definition) is 3. The van der Waals surface area contributed by atoms with Crippen molar-refractivity contribution in [2.24, 2.45) is 0 Å². The van der Waals surface area contributed by atoms with Crippen LogP contribution in [-0.4, -0.2) is 54.9 Å². The third kappa shape index (κ3) is 4.15. The number of hydrogen-bond donors (Lipinski definition) is 0. The van der Waals surface area contributed by atoms with Crippen LogP contribution >= 0.6 is 0 Å². The van der Waals surface area contributed by atoms with E-state index in [4.69, 9.17) is 4.74 Å². The highest BCUT2D eigenvalue weighted by Gasteiger charge is 2.57. The second kappa shape index (κ2) is 6.77. The van der Waals surface area contributed by atoms with E-state index in [1.165, 1.54) is 0 Å². The number of anilines is 1. The maximum absolute atomic E-state index is 14.2. The van der Waals surface area contributed by atoms with E-state index in [0.29, 0.717) is 5.69 Å². The Hall–Kier alpha value is -1.74. The smallest absolute Gasteiger partial charge is 0.304 e. The van der Waals surface area contributed by atoms with Crippen LogP contribution in [0.25, 0.3) is 0 Å². The van der Waals surface area contributed by atoms with Gasteiger partial charge in [0, 0.05) is 25.3 Å². The number of carbonyl (C=O) groups is 1. The van der Waals surface area contributed by atoms with Crippen LogP contribution in [-0.2, 0) is 9.53 Å². The Balaban J connectivity index is 1.71. The summed E-state index contributed by atoms with van der Waals surface area (Å²) in [4.78, 5) is 14.7. The molecular formula is C17H19F5N2O2. The largest absolute Gasteiger partial charge is 0.437 e. The molecule has 2 heterocycles. The molecule has 2 saturated heterocycles. The van der Waals surface area contributed by atoms with Crippen molar-refractivity contribution in [2.45, 2.75) is 37.1 Å². The van der Waals surface area contributed by atoms with Crippen molar-refractivity contribution in [2.75, 3.05) is 31.1 Å². The molecule has 0 radical (unpaired) electrons. The summed E-state index contributed by atoms with van der Waals surface area (Å²) in [7, 11) is 0. The van der Waals surface area contributed by atoms with Gasteiger partial charge >= 0.3 is 18.2 Å². The van der Waals surface area contributed by atoms with Crippen molar-refractivity contribution < 1.29 is 31.5 Å². The molecule has 1 aromatic carbocycles. The van der Waals surface area contributed by atoms with Crippen LogP contribution in [0.2, 0.25) is 0 Å². The zero-order valence-electron chi connectivity index (χ0n) is 13.9. The summed E-state index contributed by atoms with van der Waals surface area (Å²) in [5.41, 5.74) is -0.915. The number of carbonyl (C=O) groups excluding carboxylic acids is 1. The zero-order valence-corrected chi connectivity index (χ0v) is 13.9. The third-order valence-corrected chi connectivity index (χ3v) is 4.83. The van der Waals surface area contributed by atoms with Crippen LogP contribution in [0.4, 0.5) is 27.6 Å². The van der Waals surface area contributed by atoms with Crippen molar-refractivity contribution in [3.63, 3.8) is 0 Å². The first-order valence-corrected chi connectivity index (χ1v) is 8.34. The molecule has 1 aromatic rings. The van der Waals surface area contributed by atoms with Crippen molar-refractivity contribution in [3.05, 3.63) is 30.3 Å². The molecule has 9 heteroatoms. The van der Waals surface area contributed by atoms with Gasteiger partial charge in [-0.05, 0) is 25.0 Å². The van der Waals surface area contributed by atoms with Gasteiger partial charge in [0.2, 0.25) is 0 Å². The van der Waals surface area contributed by atoms with E-state index in [-0.39, 0.29) is 39.0 Å². The Labute approximate surface area is 147 Å². The molecule has 4 nitrogen and oxygen atoms in total. The molecule has 26 heavy (non-hydrogen) atoms. The highest BCUT2D eigenvalue weighted by Crippen LogP contribution is 2.40. The van der Waals surface area contributed by atoms with Crippen molar-refractivity contribution in [3.8, 4) is 0 Å². The van der Waals surface area contributed by atoms with Crippen LogP contribution in [0, 0.1) is 0 Å². The number of alkyl halides is 5. The number of nitrogens with zero attached hydrogens (tertiary/aromatic N) is 2. The van der Waals surface area contributed by atoms with Crippen LogP contribution in [0.3, 0.4) is 0 Å². The Morgan fingerprint density at radius 1 is 1.08 bits per heavy atom. The topological polar surface area (TPSA) is 32.8 Å². The van der Waals surface area contributed by atoms with Crippen LogP contribution in [0.15, 0.2) is 30.3 Å². The van der Waals surface area contributed by atoms with E-state index in [0.717, 1.165) is 4.90 Å². The number of piperidine rings is 1. The van der Waals surface area contributed by atoms with E-state index in [1.54, 1.807) is 35.2 Å². The van der Waals surface area contributed by atoms with Gasteiger partial charge in [-0.3, -0.25) is 4.79 Å². The first-order chi connectivity index (χ1) is 12.1. The minimum Gasteiger partial charge on any atom is -0.304 e. The monoisotopic (exact) mass is 378 g/mol. The van der Waals surface area contributed by atoms with Crippen molar-refractivity contribution >= 4 is 11.6 Å². The first-order valence-electron chi connectivity index (χ1n) is 8.34. The number of morpholine rings is 1. The molecule has 144 valence electrons. The number of amides is 1. The second-order valence-corrected chi connectivity index (χ2v) is 6.74. The lowest BCUT2D eigenvalue weighted by Crippen LogP contribution is -2.64. The molecule has 0 bridgehead atoms. The van der Waals surface area contributed by atoms with E-state index >= 15 is 0 Å². The van der Waals surface area contributed by atoms with E-state index in [2.05, 4.69) is 0 Å². The van der Waals surface area contributed by atoms with E-state index in [1.807, 2.05) is 0 Å². The maximum Gasteiger partial charge on any atom is 0.437 e. The van der Waals surface area contributed by atoms with Gasteiger partial charge in [-0.15, -0.1) is 0 Å². The molecule has 2 aliphatic rings. The third-order valence-electron chi connectivity index (χ3n) is 4.83. The Morgan fingerprint density at radius 3 is 2.27 bits per heavy atom. The SMILES string of the molecule is O=C1N(c2ccccc2)CC2(CCN(CCC(F)(F)F)CC2)OC1(F)F. The first kappa shape index (κ1) is 19.0. The number of rotatable bonds is 3. The highest BCUT2D eigenvalue weighted by atomic mass is 19.4.